The van der Waals surface area contributed by atoms with Crippen LogP contribution in [0.5, 0.6) is 0 Å². The number of halogens is 1. The van der Waals surface area contributed by atoms with Crippen LogP contribution in [0.15, 0.2) is 45.8 Å². The summed E-state index contributed by atoms with van der Waals surface area (Å²) in [6.07, 6.45) is 4.85. The van der Waals surface area contributed by atoms with Gasteiger partial charge in [-0.3, -0.25) is 0 Å². The fourth-order valence-corrected chi connectivity index (χ4v) is 1.84. The van der Waals surface area contributed by atoms with E-state index >= 15 is 0 Å². The first-order valence-electron chi connectivity index (χ1n) is 4.98. The standard InChI is InChI=1S/C12H12BrNO/c13-12-14-11(9-15-12)8-4-7-10-5-2-1-3-6-10/h1-3,5-6,9H,4,7-8H2. The van der Waals surface area contributed by atoms with Crippen molar-refractivity contribution in [3.8, 4) is 0 Å². The first-order valence-corrected chi connectivity index (χ1v) is 5.78. The van der Waals surface area contributed by atoms with E-state index in [4.69, 9.17) is 4.42 Å². The van der Waals surface area contributed by atoms with Crippen molar-refractivity contribution < 1.29 is 4.42 Å². The maximum Gasteiger partial charge on any atom is 0.264 e. The molecule has 78 valence electrons. The number of oxazole rings is 1. The zero-order chi connectivity index (χ0) is 10.5. The predicted molar refractivity (Wildman–Crippen MR) is 62.7 cm³/mol. The van der Waals surface area contributed by atoms with Crippen molar-refractivity contribution in [1.29, 1.82) is 0 Å². The molecule has 0 atom stereocenters. The van der Waals surface area contributed by atoms with E-state index < -0.39 is 0 Å². The molecule has 2 nitrogen and oxygen atoms in total. The van der Waals surface area contributed by atoms with Crippen LogP contribution in [0.1, 0.15) is 17.7 Å². The molecule has 0 aliphatic heterocycles. The van der Waals surface area contributed by atoms with Crippen molar-refractivity contribution in [3.63, 3.8) is 0 Å². The molecule has 1 aromatic heterocycles. The Balaban J connectivity index is 1.80. The summed E-state index contributed by atoms with van der Waals surface area (Å²) in [6.45, 7) is 0. The molecule has 0 saturated carbocycles. The van der Waals surface area contributed by atoms with E-state index in [0.717, 1.165) is 25.0 Å². The highest BCUT2D eigenvalue weighted by Gasteiger charge is 2.00. The number of nitrogens with zero attached hydrogens (tertiary/aromatic N) is 1. The third-order valence-corrected chi connectivity index (χ3v) is 2.63. The summed E-state index contributed by atoms with van der Waals surface area (Å²) in [5, 5.41) is 0. The Kier molecular flexibility index (Phi) is 3.56. The molecular formula is C12H12BrNO. The molecule has 2 rings (SSSR count). The van der Waals surface area contributed by atoms with Crippen LogP contribution < -0.4 is 0 Å². The molecule has 0 aliphatic rings. The molecule has 0 bridgehead atoms. The smallest absolute Gasteiger partial charge is 0.264 e. The molecular weight excluding hydrogens is 254 g/mol. The van der Waals surface area contributed by atoms with Crippen LogP contribution >= 0.6 is 15.9 Å². The monoisotopic (exact) mass is 265 g/mol. The zero-order valence-electron chi connectivity index (χ0n) is 8.32. The van der Waals surface area contributed by atoms with E-state index in [0.29, 0.717) is 4.80 Å². The highest BCUT2D eigenvalue weighted by molar-refractivity contribution is 9.10. The Hall–Kier alpha value is -1.09. The molecule has 3 heteroatoms. The quantitative estimate of drug-likeness (QED) is 0.844. The summed E-state index contributed by atoms with van der Waals surface area (Å²) in [5.41, 5.74) is 2.39. The normalized spacial score (nSPS) is 10.5. The Bertz CT molecular complexity index is 411. The van der Waals surface area contributed by atoms with Gasteiger partial charge in [-0.25, -0.2) is 4.98 Å². The SMILES string of the molecule is Brc1nc(CCCc2ccccc2)co1. The van der Waals surface area contributed by atoms with Gasteiger partial charge in [0.1, 0.15) is 6.26 Å². The third-order valence-electron chi connectivity index (χ3n) is 2.26. The van der Waals surface area contributed by atoms with Gasteiger partial charge >= 0.3 is 0 Å². The van der Waals surface area contributed by atoms with Crippen LogP contribution in [0, 0.1) is 0 Å². The van der Waals surface area contributed by atoms with Crippen molar-refractivity contribution >= 4 is 15.9 Å². The number of rotatable bonds is 4. The minimum absolute atomic E-state index is 0.567. The van der Waals surface area contributed by atoms with E-state index in [9.17, 15) is 0 Å². The minimum Gasteiger partial charge on any atom is -0.439 e. The van der Waals surface area contributed by atoms with E-state index in [1.807, 2.05) is 6.07 Å². The lowest BCUT2D eigenvalue weighted by Crippen LogP contribution is -1.89. The molecule has 0 radical (unpaired) electrons. The second kappa shape index (κ2) is 5.12. The summed E-state index contributed by atoms with van der Waals surface area (Å²) in [7, 11) is 0. The molecule has 2 aromatic rings. The van der Waals surface area contributed by atoms with Gasteiger partial charge in [-0.15, -0.1) is 0 Å². The summed E-state index contributed by atoms with van der Waals surface area (Å²) in [4.78, 5) is 4.76. The largest absolute Gasteiger partial charge is 0.439 e. The van der Waals surface area contributed by atoms with Gasteiger partial charge in [0, 0.05) is 15.9 Å². The van der Waals surface area contributed by atoms with Gasteiger partial charge in [-0.2, -0.15) is 0 Å². The number of hydrogen-bond acceptors (Lipinski definition) is 2. The highest BCUT2D eigenvalue weighted by Crippen LogP contribution is 2.11. The van der Waals surface area contributed by atoms with Crippen molar-refractivity contribution in [1.82, 2.24) is 4.98 Å². The second-order valence-corrected chi connectivity index (χ2v) is 4.11. The van der Waals surface area contributed by atoms with Crippen molar-refractivity contribution in [3.05, 3.63) is 52.7 Å². The maximum atomic E-state index is 5.07. The number of hydrogen-bond donors (Lipinski definition) is 0. The molecule has 0 fully saturated rings. The first kappa shape index (κ1) is 10.4. The lowest BCUT2D eigenvalue weighted by Gasteiger charge is -1.98. The van der Waals surface area contributed by atoms with Crippen LogP contribution in [0.3, 0.4) is 0 Å². The fourth-order valence-electron chi connectivity index (χ4n) is 1.52. The number of benzene rings is 1. The van der Waals surface area contributed by atoms with Crippen LogP contribution in [-0.2, 0) is 12.8 Å². The van der Waals surface area contributed by atoms with Gasteiger partial charge in [0.15, 0.2) is 0 Å². The van der Waals surface area contributed by atoms with Crippen molar-refractivity contribution in [2.45, 2.75) is 19.3 Å². The molecule has 1 aromatic carbocycles. The topological polar surface area (TPSA) is 26.0 Å². The Morgan fingerprint density at radius 1 is 1.13 bits per heavy atom. The van der Waals surface area contributed by atoms with Gasteiger partial charge < -0.3 is 4.42 Å². The first-order chi connectivity index (χ1) is 7.34. The van der Waals surface area contributed by atoms with Gasteiger partial charge in [0.05, 0.1) is 5.69 Å². The molecule has 1 heterocycles. The highest BCUT2D eigenvalue weighted by atomic mass is 79.9. The van der Waals surface area contributed by atoms with Crippen LogP contribution in [0.2, 0.25) is 0 Å². The second-order valence-electron chi connectivity index (χ2n) is 3.43. The molecule has 15 heavy (non-hydrogen) atoms. The molecule has 0 spiro atoms. The van der Waals surface area contributed by atoms with E-state index in [1.165, 1.54) is 5.56 Å². The molecule has 0 aliphatic carbocycles. The molecule has 0 amide bonds. The van der Waals surface area contributed by atoms with Gasteiger partial charge in [-0.1, -0.05) is 30.3 Å². The third kappa shape index (κ3) is 3.20. The molecule has 0 unspecified atom stereocenters. The Morgan fingerprint density at radius 2 is 1.93 bits per heavy atom. The van der Waals surface area contributed by atoms with Gasteiger partial charge in [-0.05, 0) is 24.8 Å². The lowest BCUT2D eigenvalue weighted by molar-refractivity contribution is 0.527. The summed E-state index contributed by atoms with van der Waals surface area (Å²) in [5.74, 6) is 0. The van der Waals surface area contributed by atoms with Gasteiger partial charge in [0.25, 0.3) is 4.80 Å². The summed E-state index contributed by atoms with van der Waals surface area (Å²) in [6, 6.07) is 10.5. The van der Waals surface area contributed by atoms with E-state index in [2.05, 4.69) is 45.2 Å². The lowest BCUT2D eigenvalue weighted by atomic mass is 10.1. The zero-order valence-corrected chi connectivity index (χ0v) is 9.90. The summed E-state index contributed by atoms with van der Waals surface area (Å²) >= 11 is 3.19. The summed E-state index contributed by atoms with van der Waals surface area (Å²) < 4.78 is 5.07. The van der Waals surface area contributed by atoms with Crippen LogP contribution in [0.4, 0.5) is 0 Å². The van der Waals surface area contributed by atoms with Crippen LogP contribution in [0.25, 0.3) is 0 Å². The predicted octanol–water partition coefficient (Wildman–Crippen LogP) is 3.61. The Morgan fingerprint density at radius 3 is 2.60 bits per heavy atom. The van der Waals surface area contributed by atoms with Crippen molar-refractivity contribution in [2.75, 3.05) is 0 Å². The minimum atomic E-state index is 0.567. The van der Waals surface area contributed by atoms with E-state index in [-0.39, 0.29) is 0 Å². The van der Waals surface area contributed by atoms with E-state index in [1.54, 1.807) is 6.26 Å². The van der Waals surface area contributed by atoms with Crippen LogP contribution in [-0.4, -0.2) is 4.98 Å². The van der Waals surface area contributed by atoms with Gasteiger partial charge in [0.2, 0.25) is 0 Å². The maximum absolute atomic E-state index is 5.07. The number of aromatic nitrogens is 1. The fraction of sp³-hybridized carbons (Fsp3) is 0.250. The average molecular weight is 266 g/mol. The average Bonchev–Trinajstić information content (AvgIpc) is 2.66. The van der Waals surface area contributed by atoms with Crippen molar-refractivity contribution in [2.24, 2.45) is 0 Å². The molecule has 0 saturated heterocycles. The number of aryl methyl sites for hydroxylation is 2. The molecule has 0 N–H and O–H groups in total. The Labute approximate surface area is 97.5 Å².